The molecule has 0 aromatic heterocycles. The lowest BCUT2D eigenvalue weighted by Crippen LogP contribution is -2.09. The highest BCUT2D eigenvalue weighted by atomic mass is 127. The molecule has 1 aromatic carbocycles. The van der Waals surface area contributed by atoms with Crippen molar-refractivity contribution >= 4 is 28.3 Å². The Bertz CT molecular complexity index is 309. The largest absolute Gasteiger partial charge is 0.418 e. The second kappa shape index (κ2) is 3.73. The van der Waals surface area contributed by atoms with E-state index in [-0.39, 0.29) is 5.69 Å². The van der Waals surface area contributed by atoms with E-state index >= 15 is 0 Å². The Morgan fingerprint density at radius 2 is 1.92 bits per heavy atom. The first-order valence-electron chi connectivity index (χ1n) is 3.50. The van der Waals surface area contributed by atoms with E-state index in [1.165, 1.54) is 13.1 Å². The number of halogens is 4. The van der Waals surface area contributed by atoms with E-state index in [1.807, 2.05) is 22.6 Å². The van der Waals surface area contributed by atoms with Crippen LogP contribution in [-0.2, 0) is 6.18 Å². The quantitative estimate of drug-likeness (QED) is 0.784. The lowest BCUT2D eigenvalue weighted by Gasteiger charge is -2.13. The van der Waals surface area contributed by atoms with E-state index in [9.17, 15) is 13.2 Å². The van der Waals surface area contributed by atoms with Gasteiger partial charge in [-0.1, -0.05) is 6.07 Å². The average Bonchev–Trinajstić information content (AvgIpc) is 2.02. The second-order valence-corrected chi connectivity index (χ2v) is 3.57. The molecular weight excluding hydrogens is 294 g/mol. The zero-order valence-electron chi connectivity index (χ0n) is 6.74. The fourth-order valence-electron chi connectivity index (χ4n) is 1.01. The van der Waals surface area contributed by atoms with Gasteiger partial charge in [-0.05, 0) is 34.7 Å². The number of para-hydroxylation sites is 1. The molecule has 0 amide bonds. The summed E-state index contributed by atoms with van der Waals surface area (Å²) in [6, 6.07) is 4.08. The molecule has 0 aliphatic heterocycles. The van der Waals surface area contributed by atoms with Crippen molar-refractivity contribution < 1.29 is 13.2 Å². The molecule has 0 unspecified atom stereocenters. The first kappa shape index (κ1) is 10.6. The summed E-state index contributed by atoms with van der Waals surface area (Å²) in [5, 5.41) is 2.54. The van der Waals surface area contributed by atoms with Crippen LogP contribution in [0.3, 0.4) is 0 Å². The molecule has 0 spiro atoms. The number of rotatable bonds is 1. The summed E-state index contributed by atoms with van der Waals surface area (Å²) in [4.78, 5) is 0. The van der Waals surface area contributed by atoms with Gasteiger partial charge in [0, 0.05) is 10.6 Å². The van der Waals surface area contributed by atoms with Crippen molar-refractivity contribution in [2.24, 2.45) is 0 Å². The van der Waals surface area contributed by atoms with Crippen LogP contribution in [-0.4, -0.2) is 7.05 Å². The van der Waals surface area contributed by atoms with Crippen LogP contribution in [0.4, 0.5) is 18.9 Å². The maximum absolute atomic E-state index is 12.4. The minimum atomic E-state index is -4.29. The molecule has 1 rings (SSSR count). The smallest absolute Gasteiger partial charge is 0.387 e. The Balaban J connectivity index is 3.29. The van der Waals surface area contributed by atoms with Gasteiger partial charge in [0.1, 0.15) is 0 Å². The molecule has 0 aliphatic rings. The fourth-order valence-corrected chi connectivity index (χ4v) is 1.78. The number of alkyl halides is 3. The van der Waals surface area contributed by atoms with Gasteiger partial charge in [-0.25, -0.2) is 0 Å². The van der Waals surface area contributed by atoms with Gasteiger partial charge in [-0.3, -0.25) is 0 Å². The molecule has 5 heteroatoms. The molecule has 13 heavy (non-hydrogen) atoms. The van der Waals surface area contributed by atoms with Gasteiger partial charge >= 0.3 is 6.18 Å². The molecule has 0 radical (unpaired) electrons. The highest BCUT2D eigenvalue weighted by molar-refractivity contribution is 14.1. The van der Waals surface area contributed by atoms with E-state index in [2.05, 4.69) is 5.32 Å². The zero-order chi connectivity index (χ0) is 10.1. The van der Waals surface area contributed by atoms with Crippen LogP contribution in [0.25, 0.3) is 0 Å². The third-order valence-corrected chi connectivity index (χ3v) is 2.47. The van der Waals surface area contributed by atoms with Crippen molar-refractivity contribution in [3.05, 3.63) is 27.3 Å². The molecule has 0 saturated heterocycles. The third-order valence-electron chi connectivity index (χ3n) is 1.57. The van der Waals surface area contributed by atoms with Crippen LogP contribution in [0.15, 0.2) is 18.2 Å². The van der Waals surface area contributed by atoms with Crippen molar-refractivity contribution in [2.45, 2.75) is 6.18 Å². The first-order valence-corrected chi connectivity index (χ1v) is 4.58. The summed E-state index contributed by atoms with van der Waals surface area (Å²) in [6.07, 6.45) is -4.29. The van der Waals surface area contributed by atoms with Gasteiger partial charge in [0.05, 0.1) is 11.3 Å². The Hall–Kier alpha value is -0.460. The van der Waals surface area contributed by atoms with Crippen molar-refractivity contribution in [1.29, 1.82) is 0 Å². The molecule has 0 heterocycles. The summed E-state index contributed by atoms with van der Waals surface area (Å²) in [5.41, 5.74) is -0.488. The summed E-state index contributed by atoms with van der Waals surface area (Å²) in [6.45, 7) is 0. The Morgan fingerprint density at radius 1 is 1.31 bits per heavy atom. The van der Waals surface area contributed by atoms with Crippen LogP contribution in [0.5, 0.6) is 0 Å². The van der Waals surface area contributed by atoms with Gasteiger partial charge < -0.3 is 5.32 Å². The molecule has 0 saturated carbocycles. The van der Waals surface area contributed by atoms with Crippen molar-refractivity contribution in [1.82, 2.24) is 0 Å². The Morgan fingerprint density at radius 3 is 2.31 bits per heavy atom. The predicted octanol–water partition coefficient (Wildman–Crippen LogP) is 3.35. The molecule has 1 nitrogen and oxygen atoms in total. The van der Waals surface area contributed by atoms with Gasteiger partial charge in [-0.15, -0.1) is 0 Å². The summed E-state index contributed by atoms with van der Waals surface area (Å²) < 4.78 is 37.7. The van der Waals surface area contributed by atoms with Gasteiger partial charge in [0.15, 0.2) is 0 Å². The normalized spacial score (nSPS) is 11.5. The third kappa shape index (κ3) is 2.26. The Labute approximate surface area is 87.5 Å². The lowest BCUT2D eigenvalue weighted by molar-refractivity contribution is -0.137. The van der Waals surface area contributed by atoms with E-state index < -0.39 is 11.7 Å². The van der Waals surface area contributed by atoms with Crippen molar-refractivity contribution in [2.75, 3.05) is 12.4 Å². The van der Waals surface area contributed by atoms with Crippen molar-refractivity contribution in [3.63, 3.8) is 0 Å². The van der Waals surface area contributed by atoms with Gasteiger partial charge in [-0.2, -0.15) is 13.2 Å². The summed E-state index contributed by atoms with van der Waals surface area (Å²) in [7, 11) is 1.48. The van der Waals surface area contributed by atoms with E-state index in [1.54, 1.807) is 6.07 Å². The lowest BCUT2D eigenvalue weighted by atomic mass is 10.2. The predicted molar refractivity (Wildman–Crippen MR) is 53.7 cm³/mol. The van der Waals surface area contributed by atoms with Crippen LogP contribution in [0.1, 0.15) is 5.56 Å². The zero-order valence-corrected chi connectivity index (χ0v) is 8.90. The maximum Gasteiger partial charge on any atom is 0.418 e. The Kier molecular flexibility index (Phi) is 3.05. The number of hydrogen-bond donors (Lipinski definition) is 1. The molecule has 1 aromatic rings. The summed E-state index contributed by atoms with van der Waals surface area (Å²) in [5.74, 6) is 0. The highest BCUT2D eigenvalue weighted by Crippen LogP contribution is 2.36. The standard InChI is InChI=1S/C8H7F3IN/c1-13-7-5(8(9,10)11)3-2-4-6(7)12/h2-4,13H,1H3. The monoisotopic (exact) mass is 301 g/mol. The topological polar surface area (TPSA) is 12.0 Å². The fraction of sp³-hybridized carbons (Fsp3) is 0.250. The number of benzene rings is 1. The van der Waals surface area contributed by atoms with E-state index in [0.717, 1.165) is 6.07 Å². The van der Waals surface area contributed by atoms with Crippen LogP contribution in [0, 0.1) is 3.57 Å². The molecule has 0 bridgehead atoms. The first-order chi connectivity index (χ1) is 5.96. The minimum absolute atomic E-state index is 0.135. The van der Waals surface area contributed by atoms with E-state index in [0.29, 0.717) is 3.57 Å². The van der Waals surface area contributed by atoms with Crippen molar-refractivity contribution in [3.8, 4) is 0 Å². The van der Waals surface area contributed by atoms with Crippen LogP contribution < -0.4 is 5.32 Å². The van der Waals surface area contributed by atoms with Gasteiger partial charge in [0.25, 0.3) is 0 Å². The number of hydrogen-bond acceptors (Lipinski definition) is 1. The molecular formula is C8H7F3IN. The average molecular weight is 301 g/mol. The number of nitrogens with one attached hydrogen (secondary N) is 1. The number of anilines is 1. The molecule has 72 valence electrons. The van der Waals surface area contributed by atoms with Crippen LogP contribution >= 0.6 is 22.6 Å². The SMILES string of the molecule is CNc1c(I)cccc1C(F)(F)F. The molecule has 0 aliphatic carbocycles. The highest BCUT2D eigenvalue weighted by Gasteiger charge is 2.33. The maximum atomic E-state index is 12.4. The molecule has 0 fully saturated rings. The van der Waals surface area contributed by atoms with E-state index in [4.69, 9.17) is 0 Å². The second-order valence-electron chi connectivity index (χ2n) is 2.41. The molecule has 0 atom stereocenters. The van der Waals surface area contributed by atoms with Crippen LogP contribution in [0.2, 0.25) is 0 Å². The summed E-state index contributed by atoms with van der Waals surface area (Å²) >= 11 is 1.86. The molecule has 1 N–H and O–H groups in total. The van der Waals surface area contributed by atoms with Gasteiger partial charge in [0.2, 0.25) is 0 Å². The minimum Gasteiger partial charge on any atom is -0.387 e.